The zero-order chi connectivity index (χ0) is 11.5. The van der Waals surface area contributed by atoms with Gasteiger partial charge < -0.3 is 20.1 Å². The maximum absolute atomic E-state index is 11.2. The second-order valence-electron chi connectivity index (χ2n) is 4.29. The van der Waals surface area contributed by atoms with Gasteiger partial charge in [-0.15, -0.1) is 0 Å². The Hall–Kier alpha value is -1.46. The van der Waals surface area contributed by atoms with Crippen LogP contribution in [0, 0.1) is 0 Å². The molecule has 2 N–H and O–H groups in total. The van der Waals surface area contributed by atoms with Gasteiger partial charge in [-0.1, -0.05) is 0 Å². The summed E-state index contributed by atoms with van der Waals surface area (Å²) >= 11 is 0. The zero-order valence-electron chi connectivity index (χ0n) is 9.12. The number of alkyl carbamates (subject to hydrolysis) is 2. The number of nitrogens with one attached hydrogen (secondary N) is 2. The number of carbonyl (C=O) groups is 2. The van der Waals surface area contributed by atoms with Gasteiger partial charge in [0.2, 0.25) is 0 Å². The van der Waals surface area contributed by atoms with Crippen LogP contribution in [-0.4, -0.2) is 37.0 Å². The summed E-state index contributed by atoms with van der Waals surface area (Å²) in [6.07, 6.45) is -1.28. The Balaban J connectivity index is 2.20. The Kier molecular flexibility index (Phi) is 3.39. The highest BCUT2D eigenvalue weighted by atomic mass is 16.6. The SMILES string of the molecule is CC(C)(C)OC(=O)NC[C@H]1CNC(=O)O1. The Morgan fingerprint density at radius 2 is 2.33 bits per heavy atom. The van der Waals surface area contributed by atoms with Gasteiger partial charge >= 0.3 is 12.2 Å². The van der Waals surface area contributed by atoms with Crippen LogP contribution in [-0.2, 0) is 9.47 Å². The van der Waals surface area contributed by atoms with Crippen molar-refractivity contribution in [1.29, 1.82) is 0 Å². The van der Waals surface area contributed by atoms with Crippen LogP contribution in [0.3, 0.4) is 0 Å². The molecule has 0 radical (unpaired) electrons. The summed E-state index contributed by atoms with van der Waals surface area (Å²) in [5.74, 6) is 0. The summed E-state index contributed by atoms with van der Waals surface area (Å²) in [5, 5.41) is 5.01. The Bertz CT molecular complexity index is 259. The lowest BCUT2D eigenvalue weighted by molar-refractivity contribution is 0.0496. The van der Waals surface area contributed by atoms with E-state index < -0.39 is 17.8 Å². The molecule has 1 heterocycles. The fraction of sp³-hybridized carbons (Fsp3) is 0.778. The van der Waals surface area contributed by atoms with Gasteiger partial charge in [0.1, 0.15) is 11.7 Å². The van der Waals surface area contributed by atoms with Gasteiger partial charge in [-0.2, -0.15) is 0 Å². The minimum absolute atomic E-state index is 0.258. The second kappa shape index (κ2) is 4.37. The summed E-state index contributed by atoms with van der Waals surface area (Å²) in [7, 11) is 0. The van der Waals surface area contributed by atoms with E-state index in [4.69, 9.17) is 9.47 Å². The van der Waals surface area contributed by atoms with Crippen LogP contribution in [0.15, 0.2) is 0 Å². The van der Waals surface area contributed by atoms with Crippen LogP contribution in [0.25, 0.3) is 0 Å². The molecule has 1 rings (SSSR count). The third-order valence-corrected chi connectivity index (χ3v) is 1.62. The summed E-state index contributed by atoms with van der Waals surface area (Å²) < 4.78 is 9.83. The van der Waals surface area contributed by atoms with E-state index in [1.54, 1.807) is 20.8 Å². The zero-order valence-corrected chi connectivity index (χ0v) is 9.12. The molecule has 0 aromatic carbocycles. The monoisotopic (exact) mass is 216 g/mol. The smallest absolute Gasteiger partial charge is 0.407 e. The third kappa shape index (κ3) is 4.53. The maximum atomic E-state index is 11.2. The van der Waals surface area contributed by atoms with Crippen molar-refractivity contribution in [2.24, 2.45) is 0 Å². The van der Waals surface area contributed by atoms with Crippen molar-refractivity contribution >= 4 is 12.2 Å². The highest BCUT2D eigenvalue weighted by Gasteiger charge is 2.23. The van der Waals surface area contributed by atoms with E-state index in [9.17, 15) is 9.59 Å². The van der Waals surface area contributed by atoms with Gasteiger partial charge in [-0.3, -0.25) is 0 Å². The average Bonchev–Trinajstić information content (AvgIpc) is 2.45. The molecule has 86 valence electrons. The van der Waals surface area contributed by atoms with Gasteiger partial charge in [0, 0.05) is 0 Å². The van der Waals surface area contributed by atoms with E-state index in [2.05, 4.69) is 10.6 Å². The molecule has 0 spiro atoms. The van der Waals surface area contributed by atoms with Crippen molar-refractivity contribution < 1.29 is 19.1 Å². The lowest BCUT2D eigenvalue weighted by Gasteiger charge is -2.20. The van der Waals surface area contributed by atoms with Crippen LogP contribution in [0.5, 0.6) is 0 Å². The maximum Gasteiger partial charge on any atom is 0.407 e. The van der Waals surface area contributed by atoms with Crippen LogP contribution >= 0.6 is 0 Å². The number of carbonyl (C=O) groups excluding carboxylic acids is 2. The van der Waals surface area contributed by atoms with Gasteiger partial charge in [0.25, 0.3) is 0 Å². The molecule has 1 aliphatic rings. The quantitative estimate of drug-likeness (QED) is 0.709. The van der Waals surface area contributed by atoms with E-state index in [0.29, 0.717) is 6.54 Å². The minimum atomic E-state index is -0.519. The molecule has 2 amide bonds. The van der Waals surface area contributed by atoms with Gasteiger partial charge in [-0.25, -0.2) is 9.59 Å². The van der Waals surface area contributed by atoms with Crippen molar-refractivity contribution in [3.8, 4) is 0 Å². The summed E-state index contributed by atoms with van der Waals surface area (Å²) in [4.78, 5) is 21.9. The predicted molar refractivity (Wildman–Crippen MR) is 52.5 cm³/mol. The molecule has 0 unspecified atom stereocenters. The van der Waals surface area contributed by atoms with E-state index in [1.807, 2.05) is 0 Å². The fourth-order valence-corrected chi connectivity index (χ4v) is 1.06. The number of rotatable bonds is 2. The fourth-order valence-electron chi connectivity index (χ4n) is 1.06. The first-order valence-corrected chi connectivity index (χ1v) is 4.78. The van der Waals surface area contributed by atoms with Crippen molar-refractivity contribution in [2.75, 3.05) is 13.1 Å². The molecule has 1 aliphatic heterocycles. The van der Waals surface area contributed by atoms with E-state index in [1.165, 1.54) is 0 Å². The van der Waals surface area contributed by atoms with Gasteiger partial charge in [-0.05, 0) is 20.8 Å². The number of ether oxygens (including phenoxy) is 2. The van der Waals surface area contributed by atoms with Gasteiger partial charge in [0.05, 0.1) is 13.1 Å². The topological polar surface area (TPSA) is 76.7 Å². The molecule has 0 aromatic heterocycles. The molecule has 0 bridgehead atoms. The third-order valence-electron chi connectivity index (χ3n) is 1.62. The van der Waals surface area contributed by atoms with E-state index >= 15 is 0 Å². The van der Waals surface area contributed by atoms with Crippen LogP contribution < -0.4 is 10.6 Å². The van der Waals surface area contributed by atoms with Crippen LogP contribution in [0.1, 0.15) is 20.8 Å². The normalized spacial score (nSPS) is 20.5. The van der Waals surface area contributed by atoms with Crippen LogP contribution in [0.4, 0.5) is 9.59 Å². The molecule has 0 saturated carbocycles. The first kappa shape index (κ1) is 11.6. The van der Waals surface area contributed by atoms with E-state index in [-0.39, 0.29) is 12.6 Å². The first-order chi connectivity index (χ1) is 6.87. The Morgan fingerprint density at radius 3 is 2.80 bits per heavy atom. The number of hydrogen-bond acceptors (Lipinski definition) is 4. The number of amides is 2. The lowest BCUT2D eigenvalue weighted by atomic mass is 10.2. The lowest BCUT2D eigenvalue weighted by Crippen LogP contribution is -2.37. The largest absolute Gasteiger partial charge is 0.444 e. The minimum Gasteiger partial charge on any atom is -0.444 e. The van der Waals surface area contributed by atoms with Crippen molar-refractivity contribution in [1.82, 2.24) is 10.6 Å². The summed E-state index contributed by atoms with van der Waals surface area (Å²) in [6, 6.07) is 0. The molecule has 15 heavy (non-hydrogen) atoms. The predicted octanol–water partition coefficient (Wildman–Crippen LogP) is 0.620. The molecule has 1 saturated heterocycles. The highest BCUT2D eigenvalue weighted by molar-refractivity contribution is 5.70. The Morgan fingerprint density at radius 1 is 1.67 bits per heavy atom. The molecule has 6 nitrogen and oxygen atoms in total. The molecule has 1 atom stereocenters. The second-order valence-corrected chi connectivity index (χ2v) is 4.29. The van der Waals surface area contributed by atoms with E-state index in [0.717, 1.165) is 0 Å². The van der Waals surface area contributed by atoms with Crippen molar-refractivity contribution in [2.45, 2.75) is 32.5 Å². The molecule has 6 heteroatoms. The standard InChI is InChI=1S/C9H16N2O4/c1-9(2,3)15-8(13)11-5-6-4-10-7(12)14-6/h6H,4-5H2,1-3H3,(H,10,12)(H,11,13)/t6-/m1/s1. The first-order valence-electron chi connectivity index (χ1n) is 4.78. The van der Waals surface area contributed by atoms with Gasteiger partial charge in [0.15, 0.2) is 0 Å². The Labute approximate surface area is 88.3 Å². The molecular formula is C9H16N2O4. The summed E-state index contributed by atoms with van der Waals surface area (Å²) in [6.45, 7) is 6.01. The molecule has 0 aromatic rings. The summed E-state index contributed by atoms with van der Waals surface area (Å²) in [5.41, 5.74) is -0.519. The number of cyclic esters (lactones) is 1. The molecular weight excluding hydrogens is 200 g/mol. The highest BCUT2D eigenvalue weighted by Crippen LogP contribution is 2.06. The average molecular weight is 216 g/mol. The van der Waals surface area contributed by atoms with Crippen LogP contribution in [0.2, 0.25) is 0 Å². The van der Waals surface area contributed by atoms with Crippen molar-refractivity contribution in [3.63, 3.8) is 0 Å². The molecule has 0 aliphatic carbocycles. The number of hydrogen-bond donors (Lipinski definition) is 2. The molecule has 1 fully saturated rings. The van der Waals surface area contributed by atoms with Crippen molar-refractivity contribution in [3.05, 3.63) is 0 Å².